The van der Waals surface area contributed by atoms with Gasteiger partial charge in [0, 0.05) is 28.2 Å². The molecule has 118 valence electrons. The van der Waals surface area contributed by atoms with Crippen LogP contribution in [-0.2, 0) is 17.6 Å². The fourth-order valence-electron chi connectivity index (χ4n) is 3.47. The number of amides is 1. The van der Waals surface area contributed by atoms with Crippen LogP contribution in [0.25, 0.3) is 10.9 Å². The van der Waals surface area contributed by atoms with Crippen molar-refractivity contribution < 1.29 is 4.79 Å². The molecule has 4 nitrogen and oxygen atoms in total. The fourth-order valence-corrected chi connectivity index (χ4v) is 3.47. The average Bonchev–Trinajstić information content (AvgIpc) is 3.00. The molecule has 24 heavy (non-hydrogen) atoms. The van der Waals surface area contributed by atoms with E-state index in [-0.39, 0.29) is 11.8 Å². The lowest BCUT2D eigenvalue weighted by Crippen LogP contribution is -2.28. The number of fused-ring (bicyclic) bond motifs is 3. The van der Waals surface area contributed by atoms with Crippen LogP contribution in [0.15, 0.2) is 48.5 Å². The number of H-pyrrole nitrogens is 1. The highest BCUT2D eigenvalue weighted by Gasteiger charge is 2.27. The topological polar surface area (TPSA) is 68.7 Å². The molecule has 0 saturated heterocycles. The Hall–Kier alpha value is -3.06. The van der Waals surface area contributed by atoms with Crippen LogP contribution in [0.2, 0.25) is 0 Å². The molecule has 0 spiro atoms. The molecule has 0 radical (unpaired) electrons. The van der Waals surface area contributed by atoms with Crippen molar-refractivity contribution in [3.8, 4) is 6.07 Å². The zero-order valence-corrected chi connectivity index (χ0v) is 13.2. The van der Waals surface area contributed by atoms with E-state index in [9.17, 15) is 4.79 Å². The van der Waals surface area contributed by atoms with Crippen LogP contribution in [0.3, 0.4) is 0 Å². The van der Waals surface area contributed by atoms with Gasteiger partial charge in [-0.15, -0.1) is 0 Å². The molecule has 0 fully saturated rings. The summed E-state index contributed by atoms with van der Waals surface area (Å²) in [5.41, 5.74) is 5.02. The zero-order valence-electron chi connectivity index (χ0n) is 13.2. The third-order valence-corrected chi connectivity index (χ3v) is 4.75. The summed E-state index contributed by atoms with van der Waals surface area (Å²) < 4.78 is 0. The Kier molecular flexibility index (Phi) is 3.55. The number of nitrogens with zero attached hydrogens (tertiary/aromatic N) is 1. The van der Waals surface area contributed by atoms with Crippen LogP contribution in [-0.4, -0.2) is 10.9 Å². The van der Waals surface area contributed by atoms with Gasteiger partial charge in [-0.3, -0.25) is 4.79 Å². The molecule has 1 unspecified atom stereocenters. The summed E-state index contributed by atoms with van der Waals surface area (Å²) in [5.74, 6) is 0.0305. The van der Waals surface area contributed by atoms with Crippen LogP contribution in [0.1, 0.15) is 23.2 Å². The number of nitrogens with one attached hydrogen (secondary N) is 2. The van der Waals surface area contributed by atoms with E-state index in [4.69, 9.17) is 5.26 Å². The van der Waals surface area contributed by atoms with E-state index in [2.05, 4.69) is 28.5 Å². The van der Waals surface area contributed by atoms with Crippen LogP contribution in [0, 0.1) is 17.2 Å². The quantitative estimate of drug-likeness (QED) is 0.755. The predicted molar refractivity (Wildman–Crippen MR) is 93.6 cm³/mol. The van der Waals surface area contributed by atoms with Gasteiger partial charge in [-0.1, -0.05) is 18.2 Å². The highest BCUT2D eigenvalue weighted by Crippen LogP contribution is 2.32. The number of aromatic nitrogens is 1. The zero-order chi connectivity index (χ0) is 16.5. The normalized spacial score (nSPS) is 16.4. The minimum atomic E-state index is -0.0210. The first-order valence-electron chi connectivity index (χ1n) is 8.14. The fraction of sp³-hybridized carbons (Fsp3) is 0.200. The van der Waals surface area contributed by atoms with Crippen molar-refractivity contribution in [2.75, 3.05) is 5.32 Å². The van der Waals surface area contributed by atoms with Crippen molar-refractivity contribution in [1.82, 2.24) is 4.98 Å². The molecule has 1 atom stereocenters. The number of rotatable bonds is 2. The monoisotopic (exact) mass is 315 g/mol. The molecule has 1 aromatic heterocycles. The van der Waals surface area contributed by atoms with Crippen molar-refractivity contribution >= 4 is 22.5 Å². The summed E-state index contributed by atoms with van der Waals surface area (Å²) in [5, 5.41) is 13.0. The van der Waals surface area contributed by atoms with E-state index in [1.165, 1.54) is 16.6 Å². The van der Waals surface area contributed by atoms with Crippen LogP contribution in [0.4, 0.5) is 5.69 Å². The largest absolute Gasteiger partial charge is 0.358 e. The van der Waals surface area contributed by atoms with E-state index in [1.54, 1.807) is 24.3 Å². The van der Waals surface area contributed by atoms with Gasteiger partial charge in [-0.25, -0.2) is 0 Å². The third kappa shape index (κ3) is 2.55. The summed E-state index contributed by atoms with van der Waals surface area (Å²) in [4.78, 5) is 16.1. The maximum absolute atomic E-state index is 12.6. The van der Waals surface area contributed by atoms with Gasteiger partial charge in [0.25, 0.3) is 0 Å². The van der Waals surface area contributed by atoms with Crippen LogP contribution < -0.4 is 5.32 Å². The molecule has 0 aliphatic heterocycles. The van der Waals surface area contributed by atoms with Gasteiger partial charge in [0.2, 0.25) is 5.91 Å². The van der Waals surface area contributed by atoms with E-state index in [1.807, 2.05) is 12.1 Å². The Bertz CT molecular complexity index is 947. The Morgan fingerprint density at radius 1 is 1.17 bits per heavy atom. The number of benzene rings is 2. The lowest BCUT2D eigenvalue weighted by Gasteiger charge is -2.22. The summed E-state index contributed by atoms with van der Waals surface area (Å²) >= 11 is 0. The molecular weight excluding hydrogens is 298 g/mol. The Morgan fingerprint density at radius 3 is 2.75 bits per heavy atom. The average molecular weight is 315 g/mol. The molecule has 3 aromatic rings. The molecule has 1 heterocycles. The maximum Gasteiger partial charge on any atom is 0.227 e. The Labute approximate surface area is 140 Å². The summed E-state index contributed by atoms with van der Waals surface area (Å²) in [6.45, 7) is 0. The predicted octanol–water partition coefficient (Wildman–Crippen LogP) is 3.78. The van der Waals surface area contributed by atoms with Gasteiger partial charge in [0.15, 0.2) is 0 Å². The third-order valence-electron chi connectivity index (χ3n) is 4.75. The lowest BCUT2D eigenvalue weighted by atomic mass is 9.86. The highest BCUT2D eigenvalue weighted by molar-refractivity contribution is 5.94. The van der Waals surface area contributed by atoms with Crippen LogP contribution in [0.5, 0.6) is 0 Å². The molecule has 4 rings (SSSR count). The summed E-state index contributed by atoms with van der Waals surface area (Å²) in [6.07, 6.45) is 2.51. The van der Waals surface area contributed by atoms with Gasteiger partial charge >= 0.3 is 0 Å². The van der Waals surface area contributed by atoms with Crippen molar-refractivity contribution in [3.63, 3.8) is 0 Å². The van der Waals surface area contributed by atoms with Crippen molar-refractivity contribution in [2.45, 2.75) is 19.3 Å². The number of aryl methyl sites for hydroxylation is 1. The summed E-state index contributed by atoms with van der Waals surface area (Å²) in [6, 6.07) is 17.3. The number of nitriles is 1. The number of carbonyl (C=O) groups excluding carboxylic acids is 1. The number of carbonyl (C=O) groups is 1. The minimum absolute atomic E-state index is 0.0210. The number of para-hydroxylation sites is 1. The molecule has 2 N–H and O–H groups in total. The van der Waals surface area contributed by atoms with E-state index in [0.29, 0.717) is 5.56 Å². The molecule has 1 aliphatic rings. The van der Waals surface area contributed by atoms with Crippen LogP contribution >= 0.6 is 0 Å². The number of anilines is 1. The van der Waals surface area contributed by atoms with E-state index < -0.39 is 0 Å². The maximum atomic E-state index is 12.6. The van der Waals surface area contributed by atoms with Gasteiger partial charge in [-0.05, 0) is 55.2 Å². The van der Waals surface area contributed by atoms with Crippen molar-refractivity contribution in [1.29, 1.82) is 5.26 Å². The first-order chi connectivity index (χ1) is 11.7. The molecular formula is C20H17N3O. The highest BCUT2D eigenvalue weighted by atomic mass is 16.1. The number of hydrogen-bond donors (Lipinski definition) is 2. The molecule has 1 aliphatic carbocycles. The van der Waals surface area contributed by atoms with Gasteiger partial charge in [0.1, 0.15) is 0 Å². The smallest absolute Gasteiger partial charge is 0.227 e. The standard InChI is InChI=1S/C20H17N3O/c21-12-13-5-8-15(9-6-13)22-20(24)14-7-10-19-17(11-14)16-3-1-2-4-18(16)23-19/h1-6,8-9,14,23H,7,10-11H2,(H,22,24). The summed E-state index contributed by atoms with van der Waals surface area (Å²) in [7, 11) is 0. The van der Waals surface area contributed by atoms with E-state index in [0.717, 1.165) is 30.5 Å². The Balaban J connectivity index is 1.53. The first kappa shape index (κ1) is 14.5. The SMILES string of the molecule is N#Cc1ccc(NC(=O)C2CCc3[nH]c4ccccc4c3C2)cc1. The molecule has 0 saturated carbocycles. The van der Waals surface area contributed by atoms with Crippen molar-refractivity contribution in [2.24, 2.45) is 5.92 Å². The van der Waals surface area contributed by atoms with E-state index >= 15 is 0 Å². The van der Waals surface area contributed by atoms with Crippen molar-refractivity contribution in [3.05, 3.63) is 65.4 Å². The molecule has 4 heteroatoms. The second kappa shape index (κ2) is 5.86. The second-order valence-electron chi connectivity index (χ2n) is 6.25. The van der Waals surface area contributed by atoms with Gasteiger partial charge in [0.05, 0.1) is 11.6 Å². The number of aromatic amines is 1. The Morgan fingerprint density at radius 2 is 1.96 bits per heavy atom. The second-order valence-corrected chi connectivity index (χ2v) is 6.25. The number of hydrogen-bond acceptors (Lipinski definition) is 2. The molecule has 1 amide bonds. The molecule has 2 aromatic carbocycles. The van der Waals surface area contributed by atoms with Gasteiger partial charge < -0.3 is 10.3 Å². The lowest BCUT2D eigenvalue weighted by molar-refractivity contribution is -0.120. The molecule has 0 bridgehead atoms. The van der Waals surface area contributed by atoms with Gasteiger partial charge in [-0.2, -0.15) is 5.26 Å². The minimum Gasteiger partial charge on any atom is -0.358 e. The first-order valence-corrected chi connectivity index (χ1v) is 8.14.